The number of hydrogen-bond donors (Lipinski definition) is 2. The molecule has 22 heavy (non-hydrogen) atoms. The van der Waals surface area contributed by atoms with Crippen molar-refractivity contribution < 1.29 is 14.0 Å². The van der Waals surface area contributed by atoms with Crippen LogP contribution in [-0.2, 0) is 9.59 Å². The van der Waals surface area contributed by atoms with Gasteiger partial charge in [-0.25, -0.2) is 5.43 Å². The quantitative estimate of drug-likeness (QED) is 0.844. The molecule has 2 N–H and O–H groups in total. The van der Waals surface area contributed by atoms with E-state index in [1.165, 1.54) is 18.4 Å². The first-order chi connectivity index (χ1) is 10.7. The average Bonchev–Trinajstić information content (AvgIpc) is 3.16. The van der Waals surface area contributed by atoms with Crippen molar-refractivity contribution in [2.75, 3.05) is 0 Å². The molecule has 0 aliphatic carbocycles. The highest BCUT2D eigenvalue weighted by Crippen LogP contribution is 2.20. The number of nitrogens with one attached hydrogen (secondary N) is 2. The van der Waals surface area contributed by atoms with Crippen LogP contribution >= 0.6 is 0 Å². The molecule has 2 heterocycles. The van der Waals surface area contributed by atoms with Gasteiger partial charge in [-0.15, -0.1) is 0 Å². The SMILES string of the molecule is O=C(C=Cc1ccco1)NC1=NNC(=O)C1c1ccccc1. The van der Waals surface area contributed by atoms with Crippen molar-refractivity contribution in [3.05, 3.63) is 66.1 Å². The highest BCUT2D eigenvalue weighted by molar-refractivity contribution is 6.17. The summed E-state index contributed by atoms with van der Waals surface area (Å²) in [5.41, 5.74) is 3.15. The average molecular weight is 295 g/mol. The van der Waals surface area contributed by atoms with Crippen LogP contribution in [0.3, 0.4) is 0 Å². The number of carbonyl (C=O) groups excluding carboxylic acids is 2. The molecule has 110 valence electrons. The van der Waals surface area contributed by atoms with Crippen molar-refractivity contribution in [3.8, 4) is 0 Å². The Bertz CT molecular complexity index is 733. The zero-order chi connectivity index (χ0) is 15.4. The van der Waals surface area contributed by atoms with Gasteiger partial charge in [0, 0.05) is 6.08 Å². The summed E-state index contributed by atoms with van der Waals surface area (Å²) in [6.45, 7) is 0. The van der Waals surface area contributed by atoms with Crippen molar-refractivity contribution in [3.63, 3.8) is 0 Å². The zero-order valence-corrected chi connectivity index (χ0v) is 11.5. The Morgan fingerprint density at radius 2 is 2.05 bits per heavy atom. The smallest absolute Gasteiger partial charge is 0.255 e. The molecular weight excluding hydrogens is 282 g/mol. The monoisotopic (exact) mass is 295 g/mol. The van der Waals surface area contributed by atoms with Crippen molar-refractivity contribution in [2.24, 2.45) is 5.10 Å². The van der Waals surface area contributed by atoms with Crippen LogP contribution in [-0.4, -0.2) is 17.6 Å². The molecule has 0 saturated heterocycles. The van der Waals surface area contributed by atoms with E-state index in [1.54, 1.807) is 12.1 Å². The van der Waals surface area contributed by atoms with E-state index in [0.29, 0.717) is 5.76 Å². The molecular formula is C16H13N3O3. The molecule has 0 saturated carbocycles. The van der Waals surface area contributed by atoms with Crippen molar-refractivity contribution in [2.45, 2.75) is 5.92 Å². The van der Waals surface area contributed by atoms with Gasteiger partial charge in [0.25, 0.3) is 5.91 Å². The largest absolute Gasteiger partial charge is 0.465 e. The maximum atomic E-state index is 11.9. The number of rotatable bonds is 3. The maximum absolute atomic E-state index is 11.9. The van der Waals surface area contributed by atoms with E-state index in [0.717, 1.165) is 5.56 Å². The Kier molecular flexibility index (Phi) is 3.82. The van der Waals surface area contributed by atoms with Gasteiger partial charge in [0.2, 0.25) is 5.91 Å². The molecule has 6 heteroatoms. The first-order valence-electron chi connectivity index (χ1n) is 6.69. The predicted octanol–water partition coefficient (Wildman–Crippen LogP) is 1.64. The molecule has 1 aliphatic rings. The number of amidine groups is 1. The number of nitrogens with zero attached hydrogens (tertiary/aromatic N) is 1. The minimum absolute atomic E-state index is 0.267. The fourth-order valence-corrected chi connectivity index (χ4v) is 2.14. The van der Waals surface area contributed by atoms with E-state index < -0.39 is 5.92 Å². The third kappa shape index (κ3) is 2.95. The second-order valence-electron chi connectivity index (χ2n) is 4.65. The first-order valence-corrected chi connectivity index (χ1v) is 6.69. The molecule has 2 aromatic rings. The molecule has 3 rings (SSSR count). The molecule has 0 spiro atoms. The number of benzene rings is 1. The van der Waals surface area contributed by atoms with Crippen molar-refractivity contribution >= 4 is 23.7 Å². The van der Waals surface area contributed by atoms with Gasteiger partial charge in [0.1, 0.15) is 17.5 Å². The van der Waals surface area contributed by atoms with Gasteiger partial charge in [0.15, 0.2) is 0 Å². The van der Waals surface area contributed by atoms with Gasteiger partial charge in [-0.3, -0.25) is 9.59 Å². The Balaban J connectivity index is 1.71. The number of carbonyl (C=O) groups is 2. The highest BCUT2D eigenvalue weighted by atomic mass is 16.3. The van der Waals surface area contributed by atoms with Crippen LogP contribution in [0.25, 0.3) is 6.08 Å². The summed E-state index contributed by atoms with van der Waals surface area (Å²) in [4.78, 5) is 23.8. The summed E-state index contributed by atoms with van der Waals surface area (Å²) in [5.74, 6) is -0.408. The number of amides is 2. The Morgan fingerprint density at radius 1 is 1.23 bits per heavy atom. The van der Waals surface area contributed by atoms with Crippen LogP contribution in [0.15, 0.2) is 64.3 Å². The standard InChI is InChI=1S/C16H13N3O3/c20-13(9-8-12-7-4-10-22-12)17-15-14(16(21)19-18-15)11-5-2-1-3-6-11/h1-10,14H,(H,19,21)(H,17,18,20). The molecule has 2 amide bonds. The lowest BCUT2D eigenvalue weighted by Crippen LogP contribution is -2.34. The third-order valence-electron chi connectivity index (χ3n) is 3.15. The lowest BCUT2D eigenvalue weighted by Gasteiger charge is -2.10. The normalized spacial score (nSPS) is 17.4. The summed E-state index contributed by atoms with van der Waals surface area (Å²) in [7, 11) is 0. The van der Waals surface area contributed by atoms with Gasteiger partial charge in [-0.1, -0.05) is 30.3 Å². The maximum Gasteiger partial charge on any atom is 0.255 e. The van der Waals surface area contributed by atoms with E-state index in [9.17, 15) is 9.59 Å². The molecule has 1 unspecified atom stereocenters. The minimum Gasteiger partial charge on any atom is -0.465 e. The fourth-order valence-electron chi connectivity index (χ4n) is 2.14. The molecule has 1 atom stereocenters. The van der Waals surface area contributed by atoms with Crippen molar-refractivity contribution in [1.82, 2.24) is 10.7 Å². The molecule has 1 aromatic heterocycles. The Hall–Kier alpha value is -3.15. The van der Waals surface area contributed by atoms with Gasteiger partial charge in [-0.2, -0.15) is 5.10 Å². The lowest BCUT2D eigenvalue weighted by atomic mass is 9.98. The molecule has 1 aromatic carbocycles. The molecule has 0 bridgehead atoms. The lowest BCUT2D eigenvalue weighted by molar-refractivity contribution is -0.120. The van der Waals surface area contributed by atoms with Crippen LogP contribution in [0.2, 0.25) is 0 Å². The molecule has 0 fully saturated rings. The molecule has 1 aliphatic heterocycles. The van der Waals surface area contributed by atoms with Crippen LogP contribution in [0.5, 0.6) is 0 Å². The molecule has 0 radical (unpaired) electrons. The van der Waals surface area contributed by atoms with E-state index in [4.69, 9.17) is 4.42 Å². The molecule has 6 nitrogen and oxygen atoms in total. The van der Waals surface area contributed by atoms with Crippen LogP contribution in [0.4, 0.5) is 0 Å². The van der Waals surface area contributed by atoms with Gasteiger partial charge < -0.3 is 9.73 Å². The number of hydrogen-bond acceptors (Lipinski definition) is 4. The van der Waals surface area contributed by atoms with Gasteiger partial charge >= 0.3 is 0 Å². The summed E-state index contributed by atoms with van der Waals surface area (Å²) in [6, 6.07) is 12.6. The summed E-state index contributed by atoms with van der Waals surface area (Å²) < 4.78 is 5.10. The van der Waals surface area contributed by atoms with E-state index in [1.807, 2.05) is 30.3 Å². The minimum atomic E-state index is -0.609. The topological polar surface area (TPSA) is 83.7 Å². The van der Waals surface area contributed by atoms with E-state index >= 15 is 0 Å². The van der Waals surface area contributed by atoms with Gasteiger partial charge in [0.05, 0.1) is 6.26 Å². The second-order valence-corrected chi connectivity index (χ2v) is 4.65. The van der Waals surface area contributed by atoms with E-state index in [-0.39, 0.29) is 17.6 Å². The van der Waals surface area contributed by atoms with Crippen LogP contribution < -0.4 is 10.7 Å². The van der Waals surface area contributed by atoms with Crippen LogP contribution in [0.1, 0.15) is 17.2 Å². The van der Waals surface area contributed by atoms with E-state index in [2.05, 4.69) is 15.8 Å². The van der Waals surface area contributed by atoms with Gasteiger partial charge in [-0.05, 0) is 23.8 Å². The third-order valence-corrected chi connectivity index (χ3v) is 3.15. The number of furan rings is 1. The number of hydrazone groups is 1. The second kappa shape index (κ2) is 6.09. The summed E-state index contributed by atoms with van der Waals surface area (Å²) in [5, 5.41) is 6.51. The summed E-state index contributed by atoms with van der Waals surface area (Å²) in [6.07, 6.45) is 4.39. The Labute approximate surface area is 126 Å². The Morgan fingerprint density at radius 3 is 2.77 bits per heavy atom. The predicted molar refractivity (Wildman–Crippen MR) is 80.6 cm³/mol. The zero-order valence-electron chi connectivity index (χ0n) is 11.5. The summed E-state index contributed by atoms with van der Waals surface area (Å²) >= 11 is 0. The van der Waals surface area contributed by atoms with Crippen molar-refractivity contribution in [1.29, 1.82) is 0 Å². The first kappa shape index (κ1) is 13.8. The fraction of sp³-hybridized carbons (Fsp3) is 0.0625. The highest BCUT2D eigenvalue weighted by Gasteiger charge is 2.32. The van der Waals surface area contributed by atoms with Crippen LogP contribution in [0, 0.1) is 0 Å².